The van der Waals surface area contributed by atoms with Gasteiger partial charge in [0.15, 0.2) is 0 Å². The van der Waals surface area contributed by atoms with Crippen molar-refractivity contribution in [2.75, 3.05) is 13.1 Å². The minimum absolute atomic E-state index is 1.09. The lowest BCUT2D eigenvalue weighted by Crippen LogP contribution is -2.09. The van der Waals surface area contributed by atoms with Crippen LogP contribution in [0.2, 0.25) is 0 Å². The fourth-order valence-corrected chi connectivity index (χ4v) is 1.53. The monoisotopic (exact) mass is 219 g/mol. The van der Waals surface area contributed by atoms with Crippen LogP contribution in [0.5, 0.6) is 0 Å². The molecule has 0 bridgehead atoms. The van der Waals surface area contributed by atoms with E-state index < -0.39 is 0 Å². The summed E-state index contributed by atoms with van der Waals surface area (Å²) >= 11 is 0. The molecule has 0 aliphatic heterocycles. The Labute approximate surface area is 101 Å². The van der Waals surface area contributed by atoms with Gasteiger partial charge < -0.3 is 5.32 Å². The van der Waals surface area contributed by atoms with Crippen molar-refractivity contribution in [3.63, 3.8) is 0 Å². The van der Waals surface area contributed by atoms with Gasteiger partial charge in [-0.2, -0.15) is 0 Å². The third-order valence-electron chi connectivity index (χ3n) is 2.34. The highest BCUT2D eigenvalue weighted by atomic mass is 14.8. The Kier molecular flexibility index (Phi) is 9.73. The van der Waals surface area contributed by atoms with Crippen LogP contribution in [-0.4, -0.2) is 13.1 Å². The Hall–Kier alpha value is -1.08. The number of hydrogen-bond acceptors (Lipinski definition) is 1. The third kappa shape index (κ3) is 6.41. The molecule has 0 atom stereocenters. The number of rotatable bonds is 4. The molecule has 0 saturated heterocycles. The largest absolute Gasteiger partial charge is 0.317 e. The van der Waals surface area contributed by atoms with Gasteiger partial charge in [-0.25, -0.2) is 0 Å². The van der Waals surface area contributed by atoms with E-state index in [0.717, 1.165) is 25.9 Å². The predicted octanol–water partition coefficient (Wildman–Crippen LogP) is 4.01. The van der Waals surface area contributed by atoms with E-state index in [1.165, 1.54) is 11.1 Å². The molecular formula is C15H25N. The lowest BCUT2D eigenvalue weighted by Gasteiger charge is -2.08. The van der Waals surface area contributed by atoms with Gasteiger partial charge in [-0.1, -0.05) is 50.8 Å². The van der Waals surface area contributed by atoms with Gasteiger partial charge in [0.25, 0.3) is 0 Å². The molecule has 0 aromatic rings. The molecule has 0 aromatic carbocycles. The molecule has 0 heterocycles. The summed E-state index contributed by atoms with van der Waals surface area (Å²) in [5, 5.41) is 3.11. The zero-order valence-corrected chi connectivity index (χ0v) is 10.9. The quantitative estimate of drug-likeness (QED) is 0.753. The topological polar surface area (TPSA) is 12.0 Å². The molecule has 1 N–H and O–H groups in total. The summed E-state index contributed by atoms with van der Waals surface area (Å²) in [5.41, 5.74) is 2.68. The second kappa shape index (κ2) is 10.4. The van der Waals surface area contributed by atoms with Crippen LogP contribution in [0.1, 0.15) is 33.6 Å². The Bertz CT molecular complexity index is 267. The Morgan fingerprint density at radius 3 is 2.50 bits per heavy atom. The van der Waals surface area contributed by atoms with Crippen LogP contribution in [0.15, 0.2) is 48.1 Å². The van der Waals surface area contributed by atoms with Crippen molar-refractivity contribution in [1.29, 1.82) is 0 Å². The maximum atomic E-state index is 3.77. The summed E-state index contributed by atoms with van der Waals surface area (Å²) in [6, 6.07) is 0. The van der Waals surface area contributed by atoms with Crippen molar-refractivity contribution in [2.24, 2.45) is 0 Å². The molecule has 0 spiro atoms. The van der Waals surface area contributed by atoms with Gasteiger partial charge in [-0.3, -0.25) is 0 Å². The van der Waals surface area contributed by atoms with E-state index in [0.29, 0.717) is 0 Å². The zero-order chi connectivity index (χ0) is 12.2. The molecule has 0 amide bonds. The van der Waals surface area contributed by atoms with Gasteiger partial charge >= 0.3 is 0 Å². The first kappa shape index (κ1) is 14.9. The normalized spacial score (nSPS) is 14.9. The molecule has 1 heteroatoms. The maximum absolute atomic E-state index is 3.77. The van der Waals surface area contributed by atoms with E-state index >= 15 is 0 Å². The van der Waals surface area contributed by atoms with E-state index in [-0.39, 0.29) is 0 Å². The fourth-order valence-electron chi connectivity index (χ4n) is 1.53. The minimum atomic E-state index is 1.09. The van der Waals surface area contributed by atoms with E-state index in [1.54, 1.807) is 0 Å². The van der Waals surface area contributed by atoms with Crippen LogP contribution in [0.25, 0.3) is 0 Å². The standard InChI is InChI=1S/C11H14.C4H11N/c1-3-7-11-9-6-5-8-10(11)4-2;1-3-5-4-2/h3-5,7-8H,2,6,9H2,1H3;5H,3-4H2,1-2H3/b7-3-;. The van der Waals surface area contributed by atoms with Crippen LogP contribution in [0.4, 0.5) is 0 Å². The van der Waals surface area contributed by atoms with Crippen molar-refractivity contribution >= 4 is 0 Å². The molecule has 90 valence electrons. The third-order valence-corrected chi connectivity index (χ3v) is 2.34. The van der Waals surface area contributed by atoms with Crippen molar-refractivity contribution in [3.05, 3.63) is 48.1 Å². The Balaban J connectivity index is 0.000000385. The minimum Gasteiger partial charge on any atom is -0.317 e. The van der Waals surface area contributed by atoms with Crippen LogP contribution < -0.4 is 5.32 Å². The zero-order valence-electron chi connectivity index (χ0n) is 10.9. The first-order valence-corrected chi connectivity index (χ1v) is 6.15. The molecule has 0 fully saturated rings. The number of hydrogen-bond donors (Lipinski definition) is 1. The van der Waals surface area contributed by atoms with Gasteiger partial charge in [0.05, 0.1) is 0 Å². The second-order valence-corrected chi connectivity index (χ2v) is 3.58. The van der Waals surface area contributed by atoms with Gasteiger partial charge in [-0.15, -0.1) is 0 Å². The molecule has 0 aromatic heterocycles. The summed E-state index contributed by atoms with van der Waals surface area (Å²) in [5.74, 6) is 0. The lowest BCUT2D eigenvalue weighted by molar-refractivity contribution is 0.762. The average Bonchev–Trinajstić information content (AvgIpc) is 2.32. The fraction of sp³-hybridized carbons (Fsp3) is 0.467. The summed E-state index contributed by atoms with van der Waals surface area (Å²) in [6.07, 6.45) is 12.8. The van der Waals surface area contributed by atoms with E-state index in [1.807, 2.05) is 13.0 Å². The SMILES string of the molecule is C=CC1=C(/C=C\C)CCC=C1.CCNCC. The predicted molar refractivity (Wildman–Crippen MR) is 74.6 cm³/mol. The highest BCUT2D eigenvalue weighted by Crippen LogP contribution is 2.20. The molecule has 0 radical (unpaired) electrons. The second-order valence-electron chi connectivity index (χ2n) is 3.58. The van der Waals surface area contributed by atoms with E-state index in [4.69, 9.17) is 0 Å². The number of allylic oxidation sites excluding steroid dienone is 7. The summed E-state index contributed by atoms with van der Waals surface area (Å²) in [6.45, 7) is 12.2. The molecule has 1 aliphatic rings. The van der Waals surface area contributed by atoms with Crippen molar-refractivity contribution in [2.45, 2.75) is 33.6 Å². The first-order chi connectivity index (χ1) is 7.79. The van der Waals surface area contributed by atoms with Crippen molar-refractivity contribution < 1.29 is 0 Å². The molecule has 16 heavy (non-hydrogen) atoms. The van der Waals surface area contributed by atoms with Crippen LogP contribution in [0.3, 0.4) is 0 Å². The maximum Gasteiger partial charge on any atom is -0.00775 e. The molecule has 0 unspecified atom stereocenters. The molecular weight excluding hydrogens is 194 g/mol. The molecule has 1 aliphatic carbocycles. The van der Waals surface area contributed by atoms with Crippen LogP contribution in [-0.2, 0) is 0 Å². The Morgan fingerprint density at radius 1 is 1.38 bits per heavy atom. The summed E-state index contributed by atoms with van der Waals surface area (Å²) in [7, 11) is 0. The van der Waals surface area contributed by atoms with Crippen molar-refractivity contribution in [3.8, 4) is 0 Å². The summed E-state index contributed by atoms with van der Waals surface area (Å²) in [4.78, 5) is 0. The lowest BCUT2D eigenvalue weighted by atomic mass is 9.97. The number of nitrogens with one attached hydrogen (secondary N) is 1. The van der Waals surface area contributed by atoms with Gasteiger partial charge in [0, 0.05) is 0 Å². The summed E-state index contributed by atoms with van der Waals surface area (Å²) < 4.78 is 0. The van der Waals surface area contributed by atoms with Crippen LogP contribution >= 0.6 is 0 Å². The highest BCUT2D eigenvalue weighted by molar-refractivity contribution is 5.42. The van der Waals surface area contributed by atoms with Gasteiger partial charge in [0.2, 0.25) is 0 Å². The smallest absolute Gasteiger partial charge is 0.00775 e. The molecule has 1 rings (SSSR count). The first-order valence-electron chi connectivity index (χ1n) is 6.15. The molecule has 0 saturated carbocycles. The molecule has 1 nitrogen and oxygen atoms in total. The highest BCUT2D eigenvalue weighted by Gasteiger charge is 2.00. The Morgan fingerprint density at radius 2 is 2.06 bits per heavy atom. The van der Waals surface area contributed by atoms with Crippen molar-refractivity contribution in [1.82, 2.24) is 5.32 Å². The average molecular weight is 219 g/mol. The van der Waals surface area contributed by atoms with Gasteiger partial charge in [-0.05, 0) is 44.0 Å². The van der Waals surface area contributed by atoms with Gasteiger partial charge in [0.1, 0.15) is 0 Å². The van der Waals surface area contributed by atoms with E-state index in [2.05, 4.69) is 50.0 Å². The van der Waals surface area contributed by atoms with Crippen LogP contribution in [0, 0.1) is 0 Å². The van der Waals surface area contributed by atoms with E-state index in [9.17, 15) is 0 Å².